The van der Waals surface area contributed by atoms with Crippen molar-refractivity contribution in [1.29, 1.82) is 5.26 Å². The molecule has 2 N–H and O–H groups in total. The fourth-order valence-electron chi connectivity index (χ4n) is 3.91. The van der Waals surface area contributed by atoms with Gasteiger partial charge in [-0.3, -0.25) is 10.00 Å². The largest absolute Gasteiger partial charge is 0.454 e. The molecule has 1 aliphatic rings. The number of pyridine rings is 2. The van der Waals surface area contributed by atoms with E-state index < -0.39 is 12.0 Å². The maximum Gasteiger partial charge on any atom is 0.412 e. The van der Waals surface area contributed by atoms with Crippen LogP contribution in [-0.2, 0) is 24.3 Å². The van der Waals surface area contributed by atoms with Crippen LogP contribution in [0.25, 0.3) is 11.2 Å². The van der Waals surface area contributed by atoms with Gasteiger partial charge in [0, 0.05) is 38.3 Å². The van der Waals surface area contributed by atoms with Crippen molar-refractivity contribution in [2.24, 2.45) is 7.05 Å². The summed E-state index contributed by atoms with van der Waals surface area (Å²) in [5.74, 6) is -1.85. The predicted octanol–water partition coefficient (Wildman–Crippen LogP) is 4.03. The van der Waals surface area contributed by atoms with Crippen LogP contribution in [0.4, 0.5) is 31.2 Å². The van der Waals surface area contributed by atoms with Gasteiger partial charge in [0.05, 0.1) is 13.3 Å². The average Bonchev–Trinajstić information content (AvgIpc) is 3.41. The first-order valence-corrected chi connectivity index (χ1v) is 10.8. The normalized spacial score (nSPS) is 14.1. The predicted molar refractivity (Wildman–Crippen MR) is 122 cm³/mol. The van der Waals surface area contributed by atoms with Gasteiger partial charge in [0.2, 0.25) is 5.95 Å². The molecular formula is C22H19F2N9O3. The van der Waals surface area contributed by atoms with E-state index >= 15 is 0 Å². The quantitative estimate of drug-likeness (QED) is 0.419. The van der Waals surface area contributed by atoms with E-state index in [0.717, 1.165) is 0 Å². The van der Waals surface area contributed by atoms with Crippen LogP contribution in [0.2, 0.25) is 0 Å². The summed E-state index contributed by atoms with van der Waals surface area (Å²) in [4.78, 5) is 24.1. The number of amides is 1. The molecular weight excluding hydrogens is 476 g/mol. The molecule has 4 aromatic heterocycles. The molecule has 0 saturated heterocycles. The Hall–Kier alpha value is -4.80. The van der Waals surface area contributed by atoms with Crippen LogP contribution in [0.5, 0.6) is 11.5 Å². The highest BCUT2D eigenvalue weighted by molar-refractivity contribution is 5.85. The van der Waals surface area contributed by atoms with Crippen molar-refractivity contribution in [2.75, 3.05) is 17.7 Å². The second-order valence-corrected chi connectivity index (χ2v) is 7.94. The van der Waals surface area contributed by atoms with Crippen LogP contribution in [0.3, 0.4) is 0 Å². The van der Waals surface area contributed by atoms with Crippen molar-refractivity contribution in [3.8, 4) is 17.6 Å². The first-order chi connectivity index (χ1) is 17.3. The fourth-order valence-corrected chi connectivity index (χ4v) is 3.91. The average molecular weight is 495 g/mol. The molecule has 0 unspecified atom stereocenters. The molecule has 36 heavy (non-hydrogen) atoms. The third-order valence-electron chi connectivity index (χ3n) is 5.61. The van der Waals surface area contributed by atoms with Crippen molar-refractivity contribution in [3.63, 3.8) is 0 Å². The van der Waals surface area contributed by atoms with E-state index in [0.29, 0.717) is 24.2 Å². The molecule has 12 nitrogen and oxygen atoms in total. The zero-order chi connectivity index (χ0) is 25.4. The number of aromatic nitrogens is 6. The molecule has 5 rings (SSSR count). The maximum absolute atomic E-state index is 14.2. The summed E-state index contributed by atoms with van der Waals surface area (Å²) in [5.41, 5.74) is 0.618. The van der Waals surface area contributed by atoms with E-state index in [1.807, 2.05) is 0 Å². The molecule has 1 amide bonds. The highest BCUT2D eigenvalue weighted by Gasteiger charge is 2.38. The van der Waals surface area contributed by atoms with Crippen LogP contribution in [0.1, 0.15) is 24.1 Å². The molecule has 0 radical (unpaired) electrons. The van der Waals surface area contributed by atoms with Crippen LogP contribution in [-0.4, -0.2) is 42.5 Å². The Kier molecular flexibility index (Phi) is 5.59. The van der Waals surface area contributed by atoms with Gasteiger partial charge in [-0.05, 0) is 12.5 Å². The number of hydrogen-bond acceptors (Lipinski definition) is 9. The molecule has 0 fully saturated rings. The smallest absolute Gasteiger partial charge is 0.412 e. The molecule has 0 aromatic carbocycles. The van der Waals surface area contributed by atoms with Crippen molar-refractivity contribution in [3.05, 3.63) is 41.9 Å². The number of ether oxygens (including phenoxy) is 2. The van der Waals surface area contributed by atoms with Crippen molar-refractivity contribution >= 4 is 34.8 Å². The number of alkyl halides is 2. The van der Waals surface area contributed by atoms with Gasteiger partial charge in [-0.2, -0.15) is 24.1 Å². The van der Waals surface area contributed by atoms with Gasteiger partial charge in [0.25, 0.3) is 5.92 Å². The van der Waals surface area contributed by atoms with E-state index in [1.54, 1.807) is 17.7 Å². The lowest BCUT2D eigenvalue weighted by Crippen LogP contribution is -2.25. The molecule has 0 saturated carbocycles. The Labute approximate surface area is 202 Å². The number of halogens is 2. The van der Waals surface area contributed by atoms with Crippen molar-refractivity contribution in [2.45, 2.75) is 25.3 Å². The summed E-state index contributed by atoms with van der Waals surface area (Å²) < 4.78 is 41.7. The van der Waals surface area contributed by atoms with Crippen molar-refractivity contribution in [1.82, 2.24) is 29.3 Å². The second-order valence-electron chi connectivity index (χ2n) is 7.94. The lowest BCUT2D eigenvalue weighted by molar-refractivity contribution is -0.0364. The number of carbonyl (C=O) groups is 1. The molecule has 0 bridgehead atoms. The summed E-state index contributed by atoms with van der Waals surface area (Å²) in [6.45, 7) is 0.405. The van der Waals surface area contributed by atoms with Gasteiger partial charge in [0.1, 0.15) is 34.4 Å². The van der Waals surface area contributed by atoms with E-state index in [2.05, 4.69) is 41.5 Å². The summed E-state index contributed by atoms with van der Waals surface area (Å²) in [6.07, 6.45) is 2.18. The Morgan fingerprint density at radius 2 is 2.11 bits per heavy atom. The molecule has 0 atom stereocenters. The molecule has 14 heteroatoms. The number of imidazole rings is 1. The molecule has 0 aliphatic carbocycles. The number of aryl methyl sites for hydroxylation is 2. The van der Waals surface area contributed by atoms with Gasteiger partial charge < -0.3 is 19.4 Å². The van der Waals surface area contributed by atoms with Crippen LogP contribution < -0.4 is 15.4 Å². The molecule has 4 aromatic rings. The van der Waals surface area contributed by atoms with Gasteiger partial charge >= 0.3 is 6.09 Å². The van der Waals surface area contributed by atoms with Gasteiger partial charge in [0.15, 0.2) is 17.2 Å². The minimum absolute atomic E-state index is 0.145. The standard InChI is InChI=1S/C22H19F2N9O3/c1-32-18-13(10-25)14(36-12-4-6-26-16(8-12)29-21(34)35-2)11-27-19(18)30-20(32)28-17-9-15-22(23,24)5-3-7-33(15)31-17/h4,6,8-9,11H,3,5,7H2,1-2H3,(H,26,29,34)(H,27,28,30,31). The number of methoxy groups -OCH3 is 1. The van der Waals surface area contributed by atoms with E-state index in [-0.39, 0.29) is 46.7 Å². The first-order valence-electron chi connectivity index (χ1n) is 10.8. The number of carbonyl (C=O) groups excluding carboxylic acids is 1. The Morgan fingerprint density at radius 1 is 1.28 bits per heavy atom. The number of nitrogens with zero attached hydrogens (tertiary/aromatic N) is 7. The fraction of sp³-hybridized carbons (Fsp3) is 0.273. The van der Waals surface area contributed by atoms with Crippen LogP contribution in [0, 0.1) is 11.3 Å². The molecule has 0 spiro atoms. The highest BCUT2D eigenvalue weighted by Crippen LogP contribution is 2.38. The SMILES string of the molecule is COC(=O)Nc1cc(Oc2cnc3nc(Nc4cc5n(n4)CCCC5(F)F)n(C)c3c2C#N)ccn1. The summed E-state index contributed by atoms with van der Waals surface area (Å²) >= 11 is 0. The number of nitrogens with one attached hydrogen (secondary N) is 2. The van der Waals surface area contributed by atoms with Crippen molar-refractivity contribution < 1.29 is 23.0 Å². The minimum atomic E-state index is -2.95. The minimum Gasteiger partial charge on any atom is -0.454 e. The molecule has 1 aliphatic heterocycles. The molecule has 5 heterocycles. The Balaban J connectivity index is 1.46. The lowest BCUT2D eigenvalue weighted by Gasteiger charge is -2.22. The number of nitriles is 1. The summed E-state index contributed by atoms with van der Waals surface area (Å²) in [6, 6.07) is 6.40. The first kappa shape index (κ1) is 23.0. The highest BCUT2D eigenvalue weighted by atomic mass is 19.3. The van der Waals surface area contributed by atoms with Gasteiger partial charge in [-0.25, -0.2) is 14.8 Å². The zero-order valence-corrected chi connectivity index (χ0v) is 19.1. The number of fused-ring (bicyclic) bond motifs is 2. The third-order valence-corrected chi connectivity index (χ3v) is 5.61. The number of hydrogen-bond donors (Lipinski definition) is 2. The van der Waals surface area contributed by atoms with Crippen LogP contribution >= 0.6 is 0 Å². The summed E-state index contributed by atoms with van der Waals surface area (Å²) in [5, 5.41) is 19.5. The number of anilines is 3. The van der Waals surface area contributed by atoms with Gasteiger partial charge in [-0.1, -0.05) is 0 Å². The van der Waals surface area contributed by atoms with Gasteiger partial charge in [-0.15, -0.1) is 0 Å². The third kappa shape index (κ3) is 4.11. The molecule has 184 valence electrons. The monoisotopic (exact) mass is 495 g/mol. The second kappa shape index (κ2) is 8.77. The van der Waals surface area contributed by atoms with E-state index in [4.69, 9.17) is 4.74 Å². The maximum atomic E-state index is 14.2. The topological polar surface area (TPSA) is 145 Å². The van der Waals surface area contributed by atoms with E-state index in [9.17, 15) is 18.8 Å². The Bertz CT molecular complexity index is 1520. The van der Waals surface area contributed by atoms with E-state index in [1.165, 1.54) is 36.3 Å². The number of rotatable bonds is 5. The summed E-state index contributed by atoms with van der Waals surface area (Å²) in [7, 11) is 2.88. The zero-order valence-electron chi connectivity index (χ0n) is 19.1. The van der Waals surface area contributed by atoms with Crippen LogP contribution in [0.15, 0.2) is 30.6 Å². The Morgan fingerprint density at radius 3 is 2.86 bits per heavy atom. The lowest BCUT2D eigenvalue weighted by atomic mass is 10.1.